The molecule has 0 aromatic heterocycles. The molecule has 0 radical (unpaired) electrons. The van der Waals surface area contributed by atoms with E-state index in [2.05, 4.69) is 16.0 Å². The van der Waals surface area contributed by atoms with Gasteiger partial charge < -0.3 is 20.9 Å². The first-order valence-corrected chi connectivity index (χ1v) is 9.55. The zero-order valence-electron chi connectivity index (χ0n) is 16.3. The van der Waals surface area contributed by atoms with Crippen LogP contribution in [0.25, 0.3) is 0 Å². The van der Waals surface area contributed by atoms with E-state index in [1.165, 1.54) is 0 Å². The molecule has 2 aromatic rings. The maximum absolute atomic E-state index is 12.6. The molecule has 0 aliphatic heterocycles. The highest BCUT2D eigenvalue weighted by molar-refractivity contribution is 6.42. The normalized spacial score (nSPS) is 10.5. The molecule has 0 unspecified atom stereocenters. The predicted molar refractivity (Wildman–Crippen MR) is 117 cm³/mol. The minimum absolute atomic E-state index is 0.189. The third kappa shape index (κ3) is 6.04. The van der Waals surface area contributed by atoms with Gasteiger partial charge in [-0.25, -0.2) is 4.79 Å². The fourth-order valence-corrected chi connectivity index (χ4v) is 2.74. The Balaban J connectivity index is 2.16. The summed E-state index contributed by atoms with van der Waals surface area (Å²) < 4.78 is 0. The molecule has 2 rings (SSSR count). The van der Waals surface area contributed by atoms with Crippen molar-refractivity contribution in [2.75, 3.05) is 36.2 Å². The minimum Gasteiger partial charge on any atom is -0.377 e. The monoisotopic (exact) mass is 422 g/mol. The van der Waals surface area contributed by atoms with E-state index in [0.29, 0.717) is 39.4 Å². The zero-order chi connectivity index (χ0) is 20.8. The van der Waals surface area contributed by atoms with Gasteiger partial charge in [-0.05, 0) is 42.3 Å². The van der Waals surface area contributed by atoms with Gasteiger partial charge in [-0.2, -0.15) is 0 Å². The molecule has 0 atom stereocenters. The van der Waals surface area contributed by atoms with Crippen molar-refractivity contribution in [3.63, 3.8) is 0 Å². The van der Waals surface area contributed by atoms with Crippen molar-refractivity contribution in [3.8, 4) is 0 Å². The number of hydrogen-bond donors (Lipinski definition) is 3. The van der Waals surface area contributed by atoms with Crippen LogP contribution < -0.4 is 20.9 Å². The number of urea groups is 1. The van der Waals surface area contributed by atoms with E-state index < -0.39 is 6.03 Å². The molecule has 0 saturated carbocycles. The lowest BCUT2D eigenvalue weighted by atomic mass is 10.1. The largest absolute Gasteiger partial charge is 0.377 e. The average Bonchev–Trinajstić information content (AvgIpc) is 2.62. The van der Waals surface area contributed by atoms with E-state index >= 15 is 0 Å². The van der Waals surface area contributed by atoms with Gasteiger partial charge in [0.25, 0.3) is 5.91 Å². The molecule has 28 heavy (non-hydrogen) atoms. The first kappa shape index (κ1) is 21.9. The minimum atomic E-state index is -0.454. The molecular formula is C20H24Cl2N4O2. The standard InChI is InChI=1S/C20H24Cl2N4O2/c1-12(2)11-23-19(27)15-9-13(6-8-18(15)26(3)4)24-20(28)25-14-5-7-16(21)17(22)10-14/h5-10,12H,11H2,1-4H3,(H,23,27)(H2,24,25,28). The zero-order valence-corrected chi connectivity index (χ0v) is 17.8. The maximum atomic E-state index is 12.6. The van der Waals surface area contributed by atoms with Crippen molar-refractivity contribution in [1.82, 2.24) is 5.32 Å². The number of halogens is 2. The third-order valence-corrected chi connectivity index (χ3v) is 4.57. The Morgan fingerprint density at radius 2 is 1.57 bits per heavy atom. The van der Waals surface area contributed by atoms with E-state index in [0.717, 1.165) is 5.69 Å². The maximum Gasteiger partial charge on any atom is 0.323 e. The van der Waals surface area contributed by atoms with Crippen LogP contribution >= 0.6 is 23.2 Å². The second-order valence-electron chi connectivity index (χ2n) is 6.94. The molecule has 0 fully saturated rings. The van der Waals surface area contributed by atoms with Gasteiger partial charge in [0, 0.05) is 37.7 Å². The molecule has 6 nitrogen and oxygen atoms in total. The Labute approximate surface area is 175 Å². The Morgan fingerprint density at radius 3 is 2.14 bits per heavy atom. The molecule has 0 aliphatic carbocycles. The Morgan fingerprint density at radius 1 is 0.964 bits per heavy atom. The van der Waals surface area contributed by atoms with Crippen molar-refractivity contribution in [2.24, 2.45) is 5.92 Å². The van der Waals surface area contributed by atoms with Crippen LogP contribution in [0.3, 0.4) is 0 Å². The number of amides is 3. The molecule has 2 aromatic carbocycles. The van der Waals surface area contributed by atoms with Crippen LogP contribution in [0, 0.1) is 5.92 Å². The van der Waals surface area contributed by atoms with Crippen LogP contribution in [0.15, 0.2) is 36.4 Å². The van der Waals surface area contributed by atoms with Gasteiger partial charge in [-0.1, -0.05) is 37.0 Å². The van der Waals surface area contributed by atoms with Crippen molar-refractivity contribution in [2.45, 2.75) is 13.8 Å². The molecule has 3 N–H and O–H groups in total. The van der Waals surface area contributed by atoms with E-state index in [9.17, 15) is 9.59 Å². The number of nitrogens with one attached hydrogen (secondary N) is 3. The van der Waals surface area contributed by atoms with Gasteiger partial charge in [0.05, 0.1) is 15.6 Å². The second kappa shape index (κ2) is 9.66. The summed E-state index contributed by atoms with van der Waals surface area (Å²) in [7, 11) is 3.72. The number of rotatable bonds is 6. The molecule has 0 saturated heterocycles. The van der Waals surface area contributed by atoms with Gasteiger partial charge >= 0.3 is 6.03 Å². The molecule has 8 heteroatoms. The summed E-state index contributed by atoms with van der Waals surface area (Å²) in [6, 6.07) is 9.53. The summed E-state index contributed by atoms with van der Waals surface area (Å²) >= 11 is 11.8. The fourth-order valence-electron chi connectivity index (χ4n) is 2.45. The first-order valence-electron chi connectivity index (χ1n) is 8.80. The van der Waals surface area contributed by atoms with Gasteiger partial charge in [0.15, 0.2) is 0 Å². The number of carbonyl (C=O) groups excluding carboxylic acids is 2. The van der Waals surface area contributed by atoms with Gasteiger partial charge in [0.2, 0.25) is 0 Å². The van der Waals surface area contributed by atoms with E-state index in [-0.39, 0.29) is 5.91 Å². The molecular weight excluding hydrogens is 399 g/mol. The quantitative estimate of drug-likeness (QED) is 0.606. The lowest BCUT2D eigenvalue weighted by Crippen LogP contribution is -2.29. The number of carbonyl (C=O) groups is 2. The van der Waals surface area contributed by atoms with Gasteiger partial charge in [-0.3, -0.25) is 4.79 Å². The highest BCUT2D eigenvalue weighted by atomic mass is 35.5. The van der Waals surface area contributed by atoms with Crippen LogP contribution in [0.5, 0.6) is 0 Å². The van der Waals surface area contributed by atoms with Crippen molar-refractivity contribution >= 4 is 52.2 Å². The highest BCUT2D eigenvalue weighted by Gasteiger charge is 2.15. The van der Waals surface area contributed by atoms with Crippen molar-refractivity contribution in [3.05, 3.63) is 52.0 Å². The average molecular weight is 423 g/mol. The molecule has 3 amide bonds. The molecule has 150 valence electrons. The van der Waals surface area contributed by atoms with Crippen molar-refractivity contribution < 1.29 is 9.59 Å². The van der Waals surface area contributed by atoms with Gasteiger partial charge in [-0.15, -0.1) is 0 Å². The summed E-state index contributed by atoms with van der Waals surface area (Å²) in [4.78, 5) is 26.7. The lowest BCUT2D eigenvalue weighted by molar-refractivity contribution is 0.0949. The van der Waals surface area contributed by atoms with E-state index in [1.54, 1.807) is 36.4 Å². The smallest absolute Gasteiger partial charge is 0.323 e. The van der Waals surface area contributed by atoms with E-state index in [1.807, 2.05) is 32.8 Å². The fraction of sp³-hybridized carbons (Fsp3) is 0.300. The number of benzene rings is 2. The second-order valence-corrected chi connectivity index (χ2v) is 7.75. The Hall–Kier alpha value is -2.44. The van der Waals surface area contributed by atoms with E-state index in [4.69, 9.17) is 23.2 Å². The third-order valence-electron chi connectivity index (χ3n) is 3.83. The summed E-state index contributed by atoms with van der Waals surface area (Å²) in [6.07, 6.45) is 0. The predicted octanol–water partition coefficient (Wildman–Crippen LogP) is 5.09. The van der Waals surface area contributed by atoms with Crippen LogP contribution in [-0.4, -0.2) is 32.6 Å². The molecule has 0 spiro atoms. The number of nitrogens with zero attached hydrogens (tertiary/aromatic N) is 1. The van der Waals surface area contributed by atoms with Crippen LogP contribution in [0.2, 0.25) is 10.0 Å². The highest BCUT2D eigenvalue weighted by Crippen LogP contribution is 2.26. The van der Waals surface area contributed by atoms with Gasteiger partial charge in [0.1, 0.15) is 0 Å². The summed E-state index contributed by atoms with van der Waals surface area (Å²) in [5.74, 6) is 0.149. The lowest BCUT2D eigenvalue weighted by Gasteiger charge is -2.19. The summed E-state index contributed by atoms with van der Waals surface area (Å²) in [6.45, 7) is 4.62. The first-order chi connectivity index (χ1) is 13.2. The SMILES string of the molecule is CC(C)CNC(=O)c1cc(NC(=O)Nc2ccc(Cl)c(Cl)c2)ccc1N(C)C. The van der Waals surface area contributed by atoms with Crippen molar-refractivity contribution in [1.29, 1.82) is 0 Å². The topological polar surface area (TPSA) is 73.5 Å². The molecule has 0 aliphatic rings. The molecule has 0 heterocycles. The number of anilines is 3. The summed E-state index contributed by atoms with van der Waals surface area (Å²) in [5.41, 5.74) is 2.25. The Kier molecular flexibility index (Phi) is 7.54. The summed E-state index contributed by atoms with van der Waals surface area (Å²) in [5, 5.41) is 9.06. The van der Waals surface area contributed by atoms with Crippen LogP contribution in [0.4, 0.5) is 21.9 Å². The molecule has 0 bridgehead atoms. The van der Waals surface area contributed by atoms with Crippen LogP contribution in [-0.2, 0) is 0 Å². The van der Waals surface area contributed by atoms with Crippen LogP contribution in [0.1, 0.15) is 24.2 Å². The Bertz CT molecular complexity index is 869. The number of hydrogen-bond acceptors (Lipinski definition) is 3.